The van der Waals surface area contributed by atoms with Crippen molar-refractivity contribution in [2.75, 3.05) is 0 Å². The van der Waals surface area contributed by atoms with Crippen LogP contribution in [0.3, 0.4) is 0 Å². The number of rotatable bonds is 3. The van der Waals surface area contributed by atoms with Crippen LogP contribution in [0.4, 0.5) is 13.2 Å². The van der Waals surface area contributed by atoms with Gasteiger partial charge in [-0.2, -0.15) is 18.3 Å². The van der Waals surface area contributed by atoms with Crippen LogP contribution in [-0.4, -0.2) is 15.2 Å². The number of hydrogen-bond donors (Lipinski definition) is 2. The third kappa shape index (κ3) is 3.20. The standard InChI is InChI=1S/C22H13ClF3N3S/c23-15-11-27-16-8-4-7-13(20(15)16)17-10-18(29-28-17)19-9-14(12-5-2-1-3-6-12)21(30-19)22(24,25)26/h1-11,27H,(H,28,29). The highest BCUT2D eigenvalue weighted by Gasteiger charge is 2.36. The quantitative estimate of drug-likeness (QED) is 0.296. The predicted molar refractivity (Wildman–Crippen MR) is 115 cm³/mol. The van der Waals surface area contributed by atoms with Gasteiger partial charge in [-0.3, -0.25) is 5.10 Å². The second kappa shape index (κ2) is 7.04. The molecule has 0 aliphatic rings. The summed E-state index contributed by atoms with van der Waals surface area (Å²) < 4.78 is 41.0. The van der Waals surface area contributed by atoms with Crippen molar-refractivity contribution >= 4 is 33.8 Å². The number of fused-ring (bicyclic) bond motifs is 1. The van der Waals surface area contributed by atoms with Crippen LogP contribution in [0.5, 0.6) is 0 Å². The molecule has 3 nitrogen and oxygen atoms in total. The molecule has 0 saturated heterocycles. The zero-order valence-electron chi connectivity index (χ0n) is 15.2. The average Bonchev–Trinajstić information content (AvgIpc) is 3.46. The smallest absolute Gasteiger partial charge is 0.360 e. The maximum absolute atomic E-state index is 13.7. The highest BCUT2D eigenvalue weighted by Crippen LogP contribution is 2.46. The molecule has 2 N–H and O–H groups in total. The van der Waals surface area contributed by atoms with Crippen molar-refractivity contribution in [3.05, 3.63) is 76.8 Å². The van der Waals surface area contributed by atoms with Gasteiger partial charge in [0.25, 0.3) is 0 Å². The van der Waals surface area contributed by atoms with E-state index in [1.165, 1.54) is 0 Å². The second-order valence-corrected chi connectivity index (χ2v) is 8.21. The first kappa shape index (κ1) is 19.0. The van der Waals surface area contributed by atoms with Gasteiger partial charge >= 0.3 is 6.18 Å². The normalized spacial score (nSPS) is 12.0. The highest BCUT2D eigenvalue weighted by atomic mass is 35.5. The van der Waals surface area contributed by atoms with E-state index in [-0.39, 0.29) is 5.56 Å². The van der Waals surface area contributed by atoms with Crippen LogP contribution in [0, 0.1) is 0 Å². The molecule has 0 amide bonds. The highest BCUT2D eigenvalue weighted by molar-refractivity contribution is 7.16. The Labute approximate surface area is 178 Å². The van der Waals surface area contributed by atoms with Gasteiger partial charge in [0, 0.05) is 28.2 Å². The minimum absolute atomic E-state index is 0.162. The molecule has 150 valence electrons. The maximum Gasteiger partial charge on any atom is 0.426 e. The third-order valence-corrected chi connectivity index (χ3v) is 6.36. The minimum Gasteiger partial charge on any atom is -0.360 e. The first-order chi connectivity index (χ1) is 14.4. The summed E-state index contributed by atoms with van der Waals surface area (Å²) in [5, 5.41) is 8.60. The van der Waals surface area contributed by atoms with Crippen molar-refractivity contribution in [3.63, 3.8) is 0 Å². The molecule has 5 aromatic rings. The maximum atomic E-state index is 13.7. The van der Waals surface area contributed by atoms with Gasteiger partial charge in [0.2, 0.25) is 0 Å². The van der Waals surface area contributed by atoms with Crippen LogP contribution in [0.2, 0.25) is 5.02 Å². The van der Waals surface area contributed by atoms with Gasteiger partial charge in [-0.15, -0.1) is 11.3 Å². The van der Waals surface area contributed by atoms with Gasteiger partial charge in [-0.25, -0.2) is 0 Å². The van der Waals surface area contributed by atoms with Crippen LogP contribution in [0.15, 0.2) is 66.9 Å². The van der Waals surface area contributed by atoms with E-state index >= 15 is 0 Å². The van der Waals surface area contributed by atoms with Crippen molar-refractivity contribution in [3.8, 4) is 33.0 Å². The number of thiophene rings is 1. The first-order valence-corrected chi connectivity index (χ1v) is 10.2. The fourth-order valence-corrected chi connectivity index (χ4v) is 4.78. The molecule has 0 spiro atoms. The van der Waals surface area contributed by atoms with Crippen molar-refractivity contribution in [2.24, 2.45) is 0 Å². The summed E-state index contributed by atoms with van der Waals surface area (Å²) in [5.41, 5.74) is 3.48. The molecule has 8 heteroatoms. The van der Waals surface area contributed by atoms with Gasteiger partial charge < -0.3 is 4.98 Å². The first-order valence-electron chi connectivity index (χ1n) is 9.00. The molecule has 2 aromatic carbocycles. The average molecular weight is 444 g/mol. The van der Waals surface area contributed by atoms with Crippen molar-refractivity contribution in [1.82, 2.24) is 15.2 Å². The molecule has 0 radical (unpaired) electrons. The van der Waals surface area contributed by atoms with E-state index in [0.29, 0.717) is 38.2 Å². The van der Waals surface area contributed by atoms with E-state index in [9.17, 15) is 13.2 Å². The number of halogens is 4. The molecule has 0 fully saturated rings. The molecule has 0 atom stereocenters. The Hall–Kier alpha value is -3.03. The SMILES string of the molecule is FC(F)(F)c1sc(-c2cc(-c3cccc4[nH]cc(Cl)c34)n[nH]2)cc1-c1ccccc1. The minimum atomic E-state index is -4.44. The summed E-state index contributed by atoms with van der Waals surface area (Å²) in [6.45, 7) is 0. The molecule has 30 heavy (non-hydrogen) atoms. The van der Waals surface area contributed by atoms with E-state index in [2.05, 4.69) is 15.2 Å². The van der Waals surface area contributed by atoms with Gasteiger partial charge in [-0.05, 0) is 23.8 Å². The molecule has 3 heterocycles. The zero-order chi connectivity index (χ0) is 20.9. The van der Waals surface area contributed by atoms with Gasteiger partial charge in [0.05, 0.1) is 21.3 Å². The number of hydrogen-bond acceptors (Lipinski definition) is 2. The summed E-state index contributed by atoms with van der Waals surface area (Å²) in [7, 11) is 0. The lowest BCUT2D eigenvalue weighted by molar-refractivity contribution is -0.133. The molecule has 0 saturated carbocycles. The Bertz CT molecular complexity index is 1350. The van der Waals surface area contributed by atoms with E-state index in [1.54, 1.807) is 48.7 Å². The Kier molecular flexibility index (Phi) is 4.45. The lowest BCUT2D eigenvalue weighted by atomic mass is 10.0. The Morgan fingerprint density at radius 1 is 0.933 bits per heavy atom. The van der Waals surface area contributed by atoms with Crippen LogP contribution in [0.25, 0.3) is 43.9 Å². The number of aromatic amines is 2. The van der Waals surface area contributed by atoms with Crippen LogP contribution in [-0.2, 0) is 6.18 Å². The van der Waals surface area contributed by atoms with E-state index in [1.807, 2.05) is 18.2 Å². The zero-order valence-corrected chi connectivity index (χ0v) is 16.8. The Balaban J connectivity index is 1.62. The summed E-state index contributed by atoms with van der Waals surface area (Å²) >= 11 is 7.00. The summed E-state index contributed by atoms with van der Waals surface area (Å²) in [4.78, 5) is 2.93. The molecule has 0 aliphatic carbocycles. The van der Waals surface area contributed by atoms with Crippen LogP contribution >= 0.6 is 22.9 Å². The Morgan fingerprint density at radius 3 is 2.50 bits per heavy atom. The van der Waals surface area contributed by atoms with Gasteiger partial charge in [0.15, 0.2) is 0 Å². The lowest BCUT2D eigenvalue weighted by Gasteiger charge is -2.07. The summed E-state index contributed by atoms with van der Waals surface area (Å²) in [6.07, 6.45) is -2.74. The molecule has 0 bridgehead atoms. The van der Waals surface area contributed by atoms with Gasteiger partial charge in [0.1, 0.15) is 4.88 Å². The van der Waals surface area contributed by atoms with Gasteiger partial charge in [-0.1, -0.05) is 54.1 Å². The van der Waals surface area contributed by atoms with Crippen LogP contribution in [0.1, 0.15) is 4.88 Å². The van der Waals surface area contributed by atoms with E-state index in [0.717, 1.165) is 16.5 Å². The van der Waals surface area contributed by atoms with Crippen LogP contribution < -0.4 is 0 Å². The molecule has 0 unspecified atom stereocenters. The topological polar surface area (TPSA) is 44.5 Å². The van der Waals surface area contributed by atoms with Crippen molar-refractivity contribution in [2.45, 2.75) is 6.18 Å². The summed E-state index contributed by atoms with van der Waals surface area (Å²) in [6, 6.07) is 17.5. The number of nitrogens with zero attached hydrogens (tertiary/aromatic N) is 1. The molecule has 0 aliphatic heterocycles. The predicted octanol–water partition coefficient (Wildman–Crippen LogP) is 7.63. The summed E-state index contributed by atoms with van der Waals surface area (Å²) in [5.74, 6) is 0. The van der Waals surface area contributed by atoms with Crippen molar-refractivity contribution in [1.29, 1.82) is 0 Å². The molecular weight excluding hydrogens is 431 g/mol. The monoisotopic (exact) mass is 443 g/mol. The second-order valence-electron chi connectivity index (χ2n) is 6.75. The van der Waals surface area contributed by atoms with E-state index in [4.69, 9.17) is 11.6 Å². The number of aromatic nitrogens is 3. The Morgan fingerprint density at radius 2 is 1.73 bits per heavy atom. The van der Waals surface area contributed by atoms with Crippen molar-refractivity contribution < 1.29 is 13.2 Å². The molecule has 3 aromatic heterocycles. The fourth-order valence-electron chi connectivity index (χ4n) is 3.51. The molecule has 5 rings (SSSR count). The number of alkyl halides is 3. The third-order valence-electron chi connectivity index (χ3n) is 4.85. The number of benzene rings is 2. The molecular formula is C22H13ClF3N3S. The fraction of sp³-hybridized carbons (Fsp3) is 0.0455. The lowest BCUT2D eigenvalue weighted by Crippen LogP contribution is -2.03. The van der Waals surface area contributed by atoms with E-state index < -0.39 is 11.1 Å². The largest absolute Gasteiger partial charge is 0.426 e. The number of nitrogens with one attached hydrogen (secondary N) is 2. The number of H-pyrrole nitrogens is 2.